The minimum Gasteiger partial charge on any atom is -0.495 e. The van der Waals surface area contributed by atoms with Crippen LogP contribution in [0.5, 0.6) is 5.75 Å². The Morgan fingerprint density at radius 2 is 2.29 bits per heavy atom. The van der Waals surface area contributed by atoms with Crippen LogP contribution in [0.25, 0.3) is 0 Å². The summed E-state index contributed by atoms with van der Waals surface area (Å²) in [4.78, 5) is 26.5. The number of methoxy groups -OCH3 is 1. The van der Waals surface area contributed by atoms with Gasteiger partial charge in [-0.05, 0) is 37.5 Å². The highest BCUT2D eigenvalue weighted by molar-refractivity contribution is 5.98. The van der Waals surface area contributed by atoms with E-state index >= 15 is 0 Å². The highest BCUT2D eigenvalue weighted by Gasteiger charge is 2.36. The number of ether oxygens (including phenoxy) is 2. The van der Waals surface area contributed by atoms with Gasteiger partial charge in [0.15, 0.2) is 0 Å². The summed E-state index contributed by atoms with van der Waals surface area (Å²) in [6.45, 7) is 3.77. The van der Waals surface area contributed by atoms with Crippen LogP contribution in [0.1, 0.15) is 24.8 Å². The van der Waals surface area contributed by atoms with Crippen molar-refractivity contribution in [3.63, 3.8) is 0 Å². The molecule has 0 aromatic heterocycles. The Morgan fingerprint density at radius 1 is 1.46 bits per heavy atom. The molecule has 1 N–H and O–H groups in total. The molecule has 0 radical (unpaired) electrons. The first-order valence-electron chi connectivity index (χ1n) is 8.41. The number of nitrogens with one attached hydrogen (secondary N) is 1. The minimum absolute atomic E-state index is 0.0295. The normalized spacial score (nSPS) is 23.6. The topological polar surface area (TPSA) is 67.9 Å². The lowest BCUT2D eigenvalue weighted by Crippen LogP contribution is -2.34. The highest BCUT2D eigenvalue weighted by atomic mass is 16.5. The number of nitrogens with zero attached hydrogens (tertiary/aromatic N) is 1. The second kappa shape index (κ2) is 7.21. The van der Waals surface area contributed by atoms with Gasteiger partial charge in [-0.25, -0.2) is 0 Å². The van der Waals surface area contributed by atoms with Gasteiger partial charge in [0.05, 0.1) is 24.8 Å². The summed E-state index contributed by atoms with van der Waals surface area (Å²) in [5, 5.41) is 2.90. The van der Waals surface area contributed by atoms with Crippen LogP contribution in [-0.4, -0.2) is 49.6 Å². The Kier molecular flexibility index (Phi) is 5.04. The molecule has 1 aromatic carbocycles. The molecule has 2 saturated heterocycles. The lowest BCUT2D eigenvalue weighted by molar-refractivity contribution is -0.129. The van der Waals surface area contributed by atoms with E-state index < -0.39 is 0 Å². The van der Waals surface area contributed by atoms with Gasteiger partial charge >= 0.3 is 0 Å². The lowest BCUT2D eigenvalue weighted by Gasteiger charge is -2.20. The first-order valence-corrected chi connectivity index (χ1v) is 8.41. The summed E-state index contributed by atoms with van der Waals surface area (Å²) in [6.07, 6.45) is 2.41. The minimum atomic E-state index is -0.330. The molecule has 2 fully saturated rings. The second-order valence-corrected chi connectivity index (χ2v) is 6.53. The van der Waals surface area contributed by atoms with E-state index in [9.17, 15) is 9.59 Å². The van der Waals surface area contributed by atoms with Crippen molar-refractivity contribution in [3.05, 3.63) is 23.8 Å². The zero-order valence-electron chi connectivity index (χ0n) is 14.2. The first kappa shape index (κ1) is 16.8. The zero-order chi connectivity index (χ0) is 17.1. The molecule has 6 nitrogen and oxygen atoms in total. The molecule has 2 aliphatic rings. The largest absolute Gasteiger partial charge is 0.495 e. The van der Waals surface area contributed by atoms with Gasteiger partial charge in [-0.2, -0.15) is 0 Å². The molecule has 0 spiro atoms. The number of benzene rings is 1. The monoisotopic (exact) mass is 332 g/mol. The molecule has 130 valence electrons. The first-order chi connectivity index (χ1) is 11.6. The van der Waals surface area contributed by atoms with E-state index in [0.29, 0.717) is 24.5 Å². The van der Waals surface area contributed by atoms with Gasteiger partial charge in [-0.1, -0.05) is 6.07 Å². The number of rotatable bonds is 5. The number of likely N-dealkylation sites (tertiary alicyclic amines) is 1. The molecular formula is C18H24N2O4. The molecule has 2 unspecified atom stereocenters. The maximum atomic E-state index is 12.5. The number of carbonyl (C=O) groups is 2. The van der Waals surface area contributed by atoms with Crippen LogP contribution in [0.4, 0.5) is 5.69 Å². The predicted octanol–water partition coefficient (Wildman–Crippen LogP) is 1.97. The molecule has 1 aromatic rings. The molecular weight excluding hydrogens is 308 g/mol. The summed E-state index contributed by atoms with van der Waals surface area (Å²) in [5.41, 5.74) is 1.68. The molecule has 0 bridgehead atoms. The van der Waals surface area contributed by atoms with Crippen molar-refractivity contribution in [2.75, 3.05) is 32.1 Å². The lowest BCUT2D eigenvalue weighted by atomic mass is 10.1. The van der Waals surface area contributed by atoms with Crippen molar-refractivity contribution >= 4 is 17.5 Å². The number of anilines is 1. The second-order valence-electron chi connectivity index (χ2n) is 6.53. The van der Waals surface area contributed by atoms with Crippen molar-refractivity contribution in [3.8, 4) is 5.75 Å². The van der Waals surface area contributed by atoms with Crippen LogP contribution in [0.3, 0.4) is 0 Å². The summed E-state index contributed by atoms with van der Waals surface area (Å²) in [7, 11) is 1.57. The van der Waals surface area contributed by atoms with Crippen LogP contribution >= 0.6 is 0 Å². The zero-order valence-corrected chi connectivity index (χ0v) is 14.2. The average Bonchev–Trinajstić information content (AvgIpc) is 3.18. The van der Waals surface area contributed by atoms with E-state index in [0.717, 1.165) is 25.0 Å². The van der Waals surface area contributed by atoms with Gasteiger partial charge < -0.3 is 19.7 Å². The summed E-state index contributed by atoms with van der Waals surface area (Å²) in [6, 6.07) is 5.63. The van der Waals surface area contributed by atoms with Crippen molar-refractivity contribution in [1.82, 2.24) is 4.90 Å². The van der Waals surface area contributed by atoms with E-state index in [4.69, 9.17) is 9.47 Å². The number of aryl methyl sites for hydroxylation is 1. The van der Waals surface area contributed by atoms with E-state index in [2.05, 4.69) is 5.32 Å². The standard InChI is InChI=1S/C18H24N2O4/c1-12-5-6-16(23-2)15(8-12)19-18(22)13-9-17(21)20(10-13)11-14-4-3-7-24-14/h5-6,8,13-14H,3-4,7,9-11H2,1-2H3,(H,19,22). The van der Waals surface area contributed by atoms with Gasteiger partial charge in [0, 0.05) is 26.1 Å². The Bertz CT molecular complexity index is 625. The van der Waals surface area contributed by atoms with Crippen LogP contribution in [0.15, 0.2) is 18.2 Å². The highest BCUT2D eigenvalue weighted by Crippen LogP contribution is 2.28. The molecule has 0 saturated carbocycles. The van der Waals surface area contributed by atoms with Crippen LogP contribution < -0.4 is 10.1 Å². The number of hydrogen-bond donors (Lipinski definition) is 1. The smallest absolute Gasteiger partial charge is 0.229 e. The summed E-state index contributed by atoms with van der Waals surface area (Å²) in [5.74, 6) is 0.183. The van der Waals surface area contributed by atoms with E-state index in [1.54, 1.807) is 12.0 Å². The van der Waals surface area contributed by atoms with E-state index in [1.807, 2.05) is 25.1 Å². The molecule has 24 heavy (non-hydrogen) atoms. The van der Waals surface area contributed by atoms with Crippen molar-refractivity contribution in [2.45, 2.75) is 32.3 Å². The number of carbonyl (C=O) groups excluding carboxylic acids is 2. The van der Waals surface area contributed by atoms with Crippen LogP contribution in [0.2, 0.25) is 0 Å². The van der Waals surface area contributed by atoms with Crippen molar-refractivity contribution in [2.24, 2.45) is 5.92 Å². The molecule has 2 atom stereocenters. The Hall–Kier alpha value is -2.08. The van der Waals surface area contributed by atoms with Gasteiger partial charge in [-0.3, -0.25) is 9.59 Å². The Morgan fingerprint density at radius 3 is 3.00 bits per heavy atom. The van der Waals surface area contributed by atoms with Gasteiger partial charge in [0.2, 0.25) is 11.8 Å². The molecule has 2 aliphatic heterocycles. The van der Waals surface area contributed by atoms with Crippen molar-refractivity contribution in [1.29, 1.82) is 0 Å². The summed E-state index contributed by atoms with van der Waals surface area (Å²) < 4.78 is 10.9. The maximum absolute atomic E-state index is 12.5. The van der Waals surface area contributed by atoms with Gasteiger partial charge in [-0.15, -0.1) is 0 Å². The average molecular weight is 332 g/mol. The molecule has 0 aliphatic carbocycles. The predicted molar refractivity (Wildman–Crippen MR) is 90.0 cm³/mol. The maximum Gasteiger partial charge on any atom is 0.229 e. The van der Waals surface area contributed by atoms with Crippen molar-refractivity contribution < 1.29 is 19.1 Å². The fourth-order valence-corrected chi connectivity index (χ4v) is 3.31. The van der Waals surface area contributed by atoms with Gasteiger partial charge in [0.1, 0.15) is 5.75 Å². The van der Waals surface area contributed by atoms with Gasteiger partial charge in [0.25, 0.3) is 0 Å². The Labute approximate surface area is 142 Å². The Balaban J connectivity index is 1.61. The molecule has 3 rings (SSSR count). The summed E-state index contributed by atoms with van der Waals surface area (Å²) >= 11 is 0. The number of amides is 2. The third-order valence-electron chi connectivity index (χ3n) is 4.65. The molecule has 2 amide bonds. The SMILES string of the molecule is COc1ccc(C)cc1NC(=O)C1CC(=O)N(CC2CCCO2)C1. The van der Waals surface area contributed by atoms with Crippen LogP contribution in [0, 0.1) is 12.8 Å². The number of hydrogen-bond acceptors (Lipinski definition) is 4. The fraction of sp³-hybridized carbons (Fsp3) is 0.556. The van der Waals surface area contributed by atoms with E-state index in [1.165, 1.54) is 0 Å². The third-order valence-corrected chi connectivity index (χ3v) is 4.65. The third kappa shape index (κ3) is 3.70. The molecule has 2 heterocycles. The quantitative estimate of drug-likeness (QED) is 0.895. The molecule has 6 heteroatoms. The van der Waals surface area contributed by atoms with Crippen LogP contribution in [-0.2, 0) is 14.3 Å². The van der Waals surface area contributed by atoms with E-state index in [-0.39, 0.29) is 30.3 Å². The fourth-order valence-electron chi connectivity index (χ4n) is 3.31.